The lowest BCUT2D eigenvalue weighted by Gasteiger charge is -2.61. The van der Waals surface area contributed by atoms with E-state index in [9.17, 15) is 10.2 Å². The molecule has 41 heavy (non-hydrogen) atoms. The van der Waals surface area contributed by atoms with Crippen LogP contribution < -0.4 is 4.74 Å². The summed E-state index contributed by atoms with van der Waals surface area (Å²) in [6.45, 7) is 8.47. The first-order valence-corrected chi connectivity index (χ1v) is 16.5. The lowest BCUT2D eigenvalue weighted by atomic mass is 9.44. The fraction of sp³-hybridized carbons (Fsp3) is 0.649. The molecule has 4 nitrogen and oxygen atoms in total. The summed E-state index contributed by atoms with van der Waals surface area (Å²) < 4.78 is 6.15. The highest BCUT2D eigenvalue weighted by Crippen LogP contribution is 2.68. The highest BCUT2D eigenvalue weighted by Gasteiger charge is 2.60. The highest BCUT2D eigenvalue weighted by molar-refractivity contribution is 5.85. The molecule has 4 aliphatic carbocycles. The van der Waals surface area contributed by atoms with Gasteiger partial charge in [0.15, 0.2) is 0 Å². The molecule has 2 N–H and O–H groups in total. The van der Waals surface area contributed by atoms with Crippen molar-refractivity contribution in [2.75, 3.05) is 6.61 Å². The Balaban J connectivity index is 1.02. The molecule has 0 aromatic heterocycles. The van der Waals surface area contributed by atoms with Crippen LogP contribution in [0.4, 0.5) is 5.69 Å². The maximum absolute atomic E-state index is 10.4. The van der Waals surface area contributed by atoms with Gasteiger partial charge >= 0.3 is 0 Å². The molecule has 0 spiro atoms. The van der Waals surface area contributed by atoms with Gasteiger partial charge in [-0.3, -0.25) is 4.99 Å². The average molecular weight is 558 g/mol. The average Bonchev–Trinajstić information content (AvgIpc) is 3.33. The number of hydrogen-bond donors (Lipinski definition) is 2. The van der Waals surface area contributed by atoms with Gasteiger partial charge in [-0.1, -0.05) is 39.0 Å². The van der Waals surface area contributed by atoms with Crippen molar-refractivity contribution in [2.45, 2.75) is 97.5 Å². The standard InChI is InChI=1S/C37H51NO3/c1-25(8-7-21-41-30-12-16-35(40)26(22-30)24-38-28-9-5-4-6-10-28)32-14-15-33-31-13-11-27-23-29(39)17-19-36(27,2)34(31)18-20-37(32,33)3/h4-6,9-10,12,16,22,24-25,27,29,31-34,39-40H,7-8,11,13-15,17-21,23H2,1-3H3/t25-,27-,29-,31+,32-,33+,34+,36+,37-/m1/s1. The third-order valence-corrected chi connectivity index (χ3v) is 12.6. The van der Waals surface area contributed by atoms with Crippen molar-refractivity contribution in [3.63, 3.8) is 0 Å². The fourth-order valence-corrected chi connectivity index (χ4v) is 10.4. The third kappa shape index (κ3) is 5.58. The third-order valence-electron chi connectivity index (χ3n) is 12.6. The number of phenols is 1. The molecule has 0 heterocycles. The highest BCUT2D eigenvalue weighted by atomic mass is 16.5. The predicted molar refractivity (Wildman–Crippen MR) is 167 cm³/mol. The van der Waals surface area contributed by atoms with E-state index in [4.69, 9.17) is 4.74 Å². The van der Waals surface area contributed by atoms with E-state index in [1.54, 1.807) is 12.3 Å². The van der Waals surface area contributed by atoms with Crippen LogP contribution >= 0.6 is 0 Å². The number of ether oxygens (including phenoxy) is 1. The summed E-state index contributed by atoms with van der Waals surface area (Å²) in [4.78, 5) is 4.48. The Kier molecular flexibility index (Phi) is 8.24. The Morgan fingerprint density at radius 1 is 0.951 bits per heavy atom. The lowest BCUT2D eigenvalue weighted by Crippen LogP contribution is -2.54. The Morgan fingerprint density at radius 3 is 2.56 bits per heavy atom. The summed E-state index contributed by atoms with van der Waals surface area (Å²) in [6, 6.07) is 15.2. The number of aliphatic hydroxyl groups excluding tert-OH is 1. The van der Waals surface area contributed by atoms with Gasteiger partial charge in [0.05, 0.1) is 18.4 Å². The van der Waals surface area contributed by atoms with Gasteiger partial charge in [-0.15, -0.1) is 0 Å². The smallest absolute Gasteiger partial charge is 0.124 e. The van der Waals surface area contributed by atoms with E-state index in [0.29, 0.717) is 23.0 Å². The quantitative estimate of drug-likeness (QED) is 0.251. The molecule has 0 amide bonds. The van der Waals surface area contributed by atoms with Crippen LogP contribution in [-0.4, -0.2) is 29.1 Å². The molecule has 0 radical (unpaired) electrons. The first kappa shape index (κ1) is 28.8. The van der Waals surface area contributed by atoms with Gasteiger partial charge < -0.3 is 14.9 Å². The second kappa shape index (κ2) is 11.7. The van der Waals surface area contributed by atoms with Crippen LogP contribution in [-0.2, 0) is 0 Å². The second-order valence-corrected chi connectivity index (χ2v) is 14.6. The predicted octanol–water partition coefficient (Wildman–Crippen LogP) is 8.96. The molecule has 0 bridgehead atoms. The van der Waals surface area contributed by atoms with Crippen LogP contribution in [0.25, 0.3) is 0 Å². The molecule has 9 atom stereocenters. The summed E-state index contributed by atoms with van der Waals surface area (Å²) in [7, 11) is 0. The first-order chi connectivity index (χ1) is 19.8. The van der Waals surface area contributed by atoms with Crippen LogP contribution in [0.1, 0.15) is 97.0 Å². The number of hydrogen-bond acceptors (Lipinski definition) is 4. The molecule has 0 unspecified atom stereocenters. The van der Waals surface area contributed by atoms with Crippen molar-refractivity contribution in [1.82, 2.24) is 0 Å². The topological polar surface area (TPSA) is 62.0 Å². The van der Waals surface area contributed by atoms with Crippen molar-refractivity contribution in [2.24, 2.45) is 51.3 Å². The summed E-state index contributed by atoms with van der Waals surface area (Å²) in [5, 5.41) is 20.7. The SMILES string of the molecule is C[C@H](CCCOc1ccc(O)c(C=Nc2ccccc2)c1)[C@H]1CC[C@H]2[C@@H]3CC[C@@H]4C[C@H](O)CC[C@]4(C)[C@H]3CC[C@]12C. The van der Waals surface area contributed by atoms with E-state index in [1.165, 1.54) is 51.4 Å². The Morgan fingerprint density at radius 2 is 1.73 bits per heavy atom. The molecule has 2 aromatic rings. The molecule has 0 saturated heterocycles. The van der Waals surface area contributed by atoms with Crippen molar-refractivity contribution in [3.05, 3.63) is 54.1 Å². The van der Waals surface area contributed by atoms with Crippen LogP contribution in [0.2, 0.25) is 0 Å². The van der Waals surface area contributed by atoms with E-state index < -0.39 is 0 Å². The number of nitrogens with zero attached hydrogens (tertiary/aromatic N) is 1. The monoisotopic (exact) mass is 557 g/mol. The number of rotatable bonds is 8. The number of para-hydroxylation sites is 1. The van der Waals surface area contributed by atoms with E-state index >= 15 is 0 Å². The van der Waals surface area contributed by atoms with Crippen LogP contribution in [0.3, 0.4) is 0 Å². The van der Waals surface area contributed by atoms with Gasteiger partial charge in [-0.05, 0) is 147 Å². The van der Waals surface area contributed by atoms with E-state index in [-0.39, 0.29) is 11.9 Å². The van der Waals surface area contributed by atoms with E-state index in [1.807, 2.05) is 42.5 Å². The number of aromatic hydroxyl groups is 1. The minimum Gasteiger partial charge on any atom is -0.507 e. The Labute approximate surface area is 247 Å². The van der Waals surface area contributed by atoms with Crippen LogP contribution in [0.15, 0.2) is 53.5 Å². The molecule has 222 valence electrons. The maximum Gasteiger partial charge on any atom is 0.124 e. The van der Waals surface area contributed by atoms with Gasteiger partial charge in [0.25, 0.3) is 0 Å². The fourth-order valence-electron chi connectivity index (χ4n) is 10.4. The molecular formula is C37H51NO3. The zero-order chi connectivity index (χ0) is 28.6. The number of aliphatic hydroxyl groups is 1. The number of benzene rings is 2. The van der Waals surface area contributed by atoms with Gasteiger partial charge in [0.1, 0.15) is 11.5 Å². The number of phenolic OH excluding ortho intramolecular Hbond substituents is 1. The minimum atomic E-state index is -0.0521. The second-order valence-electron chi connectivity index (χ2n) is 14.6. The van der Waals surface area contributed by atoms with Crippen molar-refractivity contribution in [1.29, 1.82) is 0 Å². The summed E-state index contributed by atoms with van der Waals surface area (Å²) in [5.74, 6) is 5.96. The number of fused-ring (bicyclic) bond motifs is 5. The molecule has 2 aromatic carbocycles. The van der Waals surface area contributed by atoms with Crippen LogP contribution in [0, 0.1) is 46.3 Å². The zero-order valence-electron chi connectivity index (χ0n) is 25.5. The Hall–Kier alpha value is -2.33. The largest absolute Gasteiger partial charge is 0.507 e. The summed E-state index contributed by atoms with van der Waals surface area (Å²) in [5.41, 5.74) is 2.49. The van der Waals surface area contributed by atoms with Gasteiger partial charge in [0, 0.05) is 11.8 Å². The van der Waals surface area contributed by atoms with Crippen LogP contribution in [0.5, 0.6) is 11.5 Å². The van der Waals surface area contributed by atoms with Gasteiger partial charge in [-0.25, -0.2) is 0 Å². The molecule has 4 fully saturated rings. The first-order valence-electron chi connectivity index (χ1n) is 16.5. The zero-order valence-corrected chi connectivity index (χ0v) is 25.5. The molecule has 0 aliphatic heterocycles. The molecule has 6 rings (SSSR count). The Bertz CT molecular complexity index is 1210. The molecule has 4 aliphatic rings. The normalized spacial score (nSPS) is 37.3. The number of aliphatic imine (C=N–C) groups is 1. The van der Waals surface area contributed by atoms with Gasteiger partial charge in [-0.2, -0.15) is 0 Å². The lowest BCUT2D eigenvalue weighted by molar-refractivity contribution is -0.129. The molecule has 4 heteroatoms. The molecular weight excluding hydrogens is 506 g/mol. The van der Waals surface area contributed by atoms with Crippen molar-refractivity contribution < 1.29 is 14.9 Å². The van der Waals surface area contributed by atoms with E-state index in [0.717, 1.165) is 66.2 Å². The molecule has 4 saturated carbocycles. The van der Waals surface area contributed by atoms with Gasteiger partial charge in [0.2, 0.25) is 0 Å². The maximum atomic E-state index is 10.4. The minimum absolute atomic E-state index is 0.0521. The van der Waals surface area contributed by atoms with E-state index in [2.05, 4.69) is 25.8 Å². The van der Waals surface area contributed by atoms with Crippen molar-refractivity contribution in [3.8, 4) is 11.5 Å². The summed E-state index contributed by atoms with van der Waals surface area (Å²) in [6.07, 6.45) is 15.6. The van der Waals surface area contributed by atoms with Crippen molar-refractivity contribution >= 4 is 11.9 Å². The summed E-state index contributed by atoms with van der Waals surface area (Å²) >= 11 is 0.